The third-order valence-electron chi connectivity index (χ3n) is 0. The van der Waals surface area contributed by atoms with Gasteiger partial charge in [-0.1, -0.05) is 11.8 Å². The molecule has 0 amide bonds. The first-order chi connectivity index (χ1) is 2.00. The van der Waals surface area contributed by atoms with Crippen molar-refractivity contribution >= 4 is 80.7 Å². The summed E-state index contributed by atoms with van der Waals surface area (Å²) in [7, 11) is 0. The van der Waals surface area contributed by atoms with Gasteiger partial charge in [0.25, 0.3) is 0 Å². The second kappa shape index (κ2) is 4.51. The summed E-state index contributed by atoms with van der Waals surface area (Å²) >= 11 is 8.85. The first-order valence-electron chi connectivity index (χ1n) is 1.28. The Kier molecular flexibility index (Phi) is 8.59. The van der Waals surface area contributed by atoms with Crippen molar-refractivity contribution in [3.05, 3.63) is 0 Å². The van der Waals surface area contributed by atoms with Gasteiger partial charge in [-0.3, -0.25) is 0 Å². The smallest absolute Gasteiger partial charge is 0 e. The molecule has 0 aliphatic heterocycles. The standard InChI is InChI=1S/C2H7PS2.K/c1-3(2,4)5;/h1-2H3,(H,4,5);. The van der Waals surface area contributed by atoms with Gasteiger partial charge in [-0.2, -0.15) is 0 Å². The fourth-order valence-corrected chi connectivity index (χ4v) is 0. The van der Waals surface area contributed by atoms with Crippen LogP contribution in [0.1, 0.15) is 0 Å². The van der Waals surface area contributed by atoms with Crippen LogP contribution in [0.25, 0.3) is 0 Å². The van der Waals surface area contributed by atoms with Crippen LogP contribution in [0.2, 0.25) is 0 Å². The number of hydrogen-bond donors (Lipinski definition) is 1. The third kappa shape index (κ3) is 30.3. The van der Waals surface area contributed by atoms with Crippen molar-refractivity contribution in [3.8, 4) is 0 Å². The molecule has 33 valence electrons. The van der Waals surface area contributed by atoms with Gasteiger partial charge in [0, 0.05) is 51.4 Å². The average Bonchev–Trinajstić information content (AvgIpc) is 0.722. The molecule has 0 aliphatic rings. The van der Waals surface area contributed by atoms with Crippen molar-refractivity contribution in [3.63, 3.8) is 0 Å². The van der Waals surface area contributed by atoms with E-state index < -0.39 is 5.24 Å². The molecule has 0 unspecified atom stereocenters. The van der Waals surface area contributed by atoms with E-state index in [2.05, 4.69) is 12.2 Å². The van der Waals surface area contributed by atoms with Crippen LogP contribution in [-0.4, -0.2) is 64.7 Å². The Hall–Kier alpha value is 2.64. The van der Waals surface area contributed by atoms with E-state index in [1.165, 1.54) is 0 Å². The fraction of sp³-hybridized carbons (Fsp3) is 1.00. The Morgan fingerprint density at radius 2 is 1.50 bits per heavy atom. The largest absolute Gasteiger partial charge is 0.141 e. The zero-order chi connectivity index (χ0) is 4.50. The van der Waals surface area contributed by atoms with Crippen molar-refractivity contribution in [2.75, 3.05) is 13.3 Å². The molecule has 0 fully saturated rings. The van der Waals surface area contributed by atoms with Gasteiger partial charge in [0.05, 0.1) is 0 Å². The molecular weight excluding hydrogens is 158 g/mol. The van der Waals surface area contributed by atoms with Gasteiger partial charge < -0.3 is 0 Å². The second-order valence-corrected chi connectivity index (χ2v) is 10.4. The molecule has 0 bridgehead atoms. The maximum absolute atomic E-state index is 4.80. The van der Waals surface area contributed by atoms with Gasteiger partial charge in [-0.15, -0.1) is 12.2 Å². The molecule has 4 heteroatoms. The second-order valence-electron chi connectivity index (χ2n) is 1.29. The molecule has 1 radical (unpaired) electrons. The van der Waals surface area contributed by atoms with Crippen LogP contribution in [0.5, 0.6) is 0 Å². The van der Waals surface area contributed by atoms with Gasteiger partial charge in [0.2, 0.25) is 0 Å². The van der Waals surface area contributed by atoms with E-state index in [1.54, 1.807) is 0 Å². The van der Waals surface area contributed by atoms with Crippen LogP contribution in [0, 0.1) is 0 Å². The van der Waals surface area contributed by atoms with Crippen LogP contribution in [0.4, 0.5) is 0 Å². The summed E-state index contributed by atoms with van der Waals surface area (Å²) < 4.78 is 0. The van der Waals surface area contributed by atoms with Gasteiger partial charge >= 0.3 is 0 Å². The summed E-state index contributed by atoms with van der Waals surface area (Å²) in [5.41, 5.74) is 0. The van der Waals surface area contributed by atoms with Crippen LogP contribution in [0.3, 0.4) is 0 Å². The Morgan fingerprint density at radius 1 is 1.50 bits per heavy atom. The molecule has 0 spiro atoms. The molecule has 0 aromatic rings. The Morgan fingerprint density at radius 3 is 1.50 bits per heavy atom. The SMILES string of the molecule is CP(C)(=S)S.[K]. The molecule has 0 atom stereocenters. The molecular formula is C2H7KPS2. The molecule has 0 aromatic carbocycles. The first-order valence-corrected chi connectivity index (χ1v) is 6.13. The van der Waals surface area contributed by atoms with Crippen molar-refractivity contribution in [1.82, 2.24) is 0 Å². The monoisotopic (exact) mass is 165 g/mol. The summed E-state index contributed by atoms with van der Waals surface area (Å²) in [6, 6.07) is 0. The van der Waals surface area contributed by atoms with Crippen molar-refractivity contribution in [1.29, 1.82) is 0 Å². The molecule has 0 saturated heterocycles. The summed E-state index contributed by atoms with van der Waals surface area (Å²) in [6.45, 7) is 3.96. The fourth-order valence-electron chi connectivity index (χ4n) is 0. The Bertz CT molecular complexity index is 57.7. The molecule has 0 N–H and O–H groups in total. The summed E-state index contributed by atoms with van der Waals surface area (Å²) in [5, 5.41) is -1.11. The van der Waals surface area contributed by atoms with Crippen LogP contribution < -0.4 is 0 Å². The van der Waals surface area contributed by atoms with E-state index in [-0.39, 0.29) is 51.4 Å². The van der Waals surface area contributed by atoms with E-state index in [0.717, 1.165) is 0 Å². The van der Waals surface area contributed by atoms with E-state index in [0.29, 0.717) is 0 Å². The number of rotatable bonds is 0. The quantitative estimate of drug-likeness (QED) is 0.319. The average molecular weight is 165 g/mol. The van der Waals surface area contributed by atoms with Crippen molar-refractivity contribution in [2.24, 2.45) is 0 Å². The number of hydrogen-bond acceptors (Lipinski definition) is 1. The van der Waals surface area contributed by atoms with E-state index in [9.17, 15) is 0 Å². The third-order valence-corrected chi connectivity index (χ3v) is 0. The molecule has 0 nitrogen and oxygen atoms in total. The maximum Gasteiger partial charge on any atom is 0 e. The molecule has 0 aliphatic carbocycles. The van der Waals surface area contributed by atoms with E-state index >= 15 is 0 Å². The van der Waals surface area contributed by atoms with E-state index in [4.69, 9.17) is 11.8 Å². The van der Waals surface area contributed by atoms with Crippen LogP contribution in [0.15, 0.2) is 0 Å². The topological polar surface area (TPSA) is 0 Å². The zero-order valence-electron chi connectivity index (χ0n) is 4.30. The molecule has 0 aromatic heterocycles. The Labute approximate surface area is 92.1 Å². The molecule has 0 heterocycles. The minimum atomic E-state index is -1.11. The minimum Gasteiger partial charge on any atom is -0.141 e. The predicted octanol–water partition coefficient (Wildman–Crippen LogP) is 1.19. The maximum atomic E-state index is 4.80. The molecule has 0 rings (SSSR count). The van der Waals surface area contributed by atoms with Gasteiger partial charge in [0.15, 0.2) is 0 Å². The molecule has 0 saturated carbocycles. The summed E-state index contributed by atoms with van der Waals surface area (Å²) in [6.07, 6.45) is 0. The van der Waals surface area contributed by atoms with Crippen molar-refractivity contribution in [2.45, 2.75) is 0 Å². The summed E-state index contributed by atoms with van der Waals surface area (Å²) in [4.78, 5) is 0. The van der Waals surface area contributed by atoms with Gasteiger partial charge in [-0.05, 0) is 18.6 Å². The normalized spacial score (nSPS) is 9.83. The Balaban J connectivity index is 0. The van der Waals surface area contributed by atoms with Crippen molar-refractivity contribution < 1.29 is 0 Å². The molecule has 6 heavy (non-hydrogen) atoms. The predicted molar refractivity (Wildman–Crippen MR) is 40.9 cm³/mol. The first kappa shape index (κ1) is 11.4. The number of thiol groups is 1. The van der Waals surface area contributed by atoms with E-state index in [1.807, 2.05) is 13.3 Å². The van der Waals surface area contributed by atoms with Gasteiger partial charge in [0.1, 0.15) is 0 Å². The van der Waals surface area contributed by atoms with Crippen LogP contribution in [-0.2, 0) is 11.8 Å². The minimum absolute atomic E-state index is 0. The summed E-state index contributed by atoms with van der Waals surface area (Å²) in [5.74, 6) is 0. The zero-order valence-corrected chi connectivity index (χ0v) is 10.0. The van der Waals surface area contributed by atoms with Gasteiger partial charge in [-0.25, -0.2) is 0 Å². The van der Waals surface area contributed by atoms with Crippen LogP contribution >= 0.6 is 17.5 Å².